The van der Waals surface area contributed by atoms with E-state index >= 15 is 0 Å². The maximum atomic E-state index is 13.0. The van der Waals surface area contributed by atoms with Gasteiger partial charge in [-0.25, -0.2) is 0 Å². The Labute approximate surface area is 128 Å². The van der Waals surface area contributed by atoms with Gasteiger partial charge >= 0.3 is 6.18 Å². The molecule has 1 fully saturated rings. The Morgan fingerprint density at radius 2 is 2.00 bits per heavy atom. The third-order valence-electron chi connectivity index (χ3n) is 3.46. The van der Waals surface area contributed by atoms with Gasteiger partial charge in [0.15, 0.2) is 0 Å². The van der Waals surface area contributed by atoms with E-state index in [2.05, 4.69) is 18.7 Å². The smallest absolute Gasteiger partial charge is 0.389 e. The molecule has 1 aromatic carbocycles. The second kappa shape index (κ2) is 5.83. The van der Waals surface area contributed by atoms with Crippen LogP contribution in [0, 0.1) is 5.92 Å². The summed E-state index contributed by atoms with van der Waals surface area (Å²) in [4.78, 5) is 1.94. The lowest BCUT2D eigenvalue weighted by Gasteiger charge is -2.28. The van der Waals surface area contributed by atoms with Crippen molar-refractivity contribution < 1.29 is 13.2 Å². The Morgan fingerprint density at radius 3 is 2.43 bits per heavy atom. The fraction of sp³-hybridized carbons (Fsp3) is 0.533. The summed E-state index contributed by atoms with van der Waals surface area (Å²) in [5, 5.41) is 0. The fourth-order valence-electron chi connectivity index (χ4n) is 2.41. The van der Waals surface area contributed by atoms with Crippen LogP contribution in [0.25, 0.3) is 0 Å². The van der Waals surface area contributed by atoms with Crippen molar-refractivity contribution >= 4 is 22.9 Å². The minimum Gasteiger partial charge on any atom is -0.389 e. The SMILES string of the molecule is CC(C)CN(c1ccc(C(F)(F)F)c(C(N)=S)c1)C1CC1. The molecule has 0 spiro atoms. The van der Waals surface area contributed by atoms with Crippen LogP contribution >= 0.6 is 12.2 Å². The summed E-state index contributed by atoms with van der Waals surface area (Å²) in [5.41, 5.74) is 5.39. The van der Waals surface area contributed by atoms with E-state index < -0.39 is 11.7 Å². The van der Waals surface area contributed by atoms with Crippen molar-refractivity contribution in [2.75, 3.05) is 11.4 Å². The highest BCUT2D eigenvalue weighted by atomic mass is 32.1. The summed E-state index contributed by atoms with van der Waals surface area (Å²) in [6, 6.07) is 4.50. The molecule has 0 amide bonds. The van der Waals surface area contributed by atoms with Gasteiger partial charge in [0.25, 0.3) is 0 Å². The van der Waals surface area contributed by atoms with Crippen molar-refractivity contribution in [2.24, 2.45) is 11.7 Å². The van der Waals surface area contributed by atoms with Crippen LogP contribution in [0.4, 0.5) is 18.9 Å². The highest BCUT2D eigenvalue weighted by Gasteiger charge is 2.35. The number of halogens is 3. The first-order valence-corrected chi connectivity index (χ1v) is 7.38. The number of hydrogen-bond acceptors (Lipinski definition) is 2. The number of nitrogens with zero attached hydrogens (tertiary/aromatic N) is 1. The van der Waals surface area contributed by atoms with E-state index in [1.165, 1.54) is 12.1 Å². The van der Waals surface area contributed by atoms with Crippen molar-refractivity contribution in [2.45, 2.75) is 38.9 Å². The molecule has 1 saturated carbocycles. The Hall–Kier alpha value is -1.30. The third-order valence-corrected chi connectivity index (χ3v) is 3.68. The summed E-state index contributed by atoms with van der Waals surface area (Å²) in [6.07, 6.45) is -2.29. The van der Waals surface area contributed by atoms with Gasteiger partial charge in [-0.3, -0.25) is 0 Å². The number of benzene rings is 1. The standard InChI is InChI=1S/C15H19F3N2S/c1-9(2)8-20(10-3-4-10)11-5-6-13(15(16,17)18)12(7-11)14(19)21/h5-7,9-10H,3-4,8H2,1-2H3,(H2,19,21). The molecule has 0 bridgehead atoms. The summed E-state index contributed by atoms with van der Waals surface area (Å²) >= 11 is 4.79. The van der Waals surface area contributed by atoms with Crippen molar-refractivity contribution in [1.29, 1.82) is 0 Å². The van der Waals surface area contributed by atoms with Crippen LogP contribution in [0.1, 0.15) is 37.8 Å². The summed E-state index contributed by atoms with van der Waals surface area (Å²) in [5.74, 6) is 0.432. The quantitative estimate of drug-likeness (QED) is 0.834. The van der Waals surface area contributed by atoms with Crippen molar-refractivity contribution in [3.63, 3.8) is 0 Å². The molecule has 2 N–H and O–H groups in total. The monoisotopic (exact) mass is 316 g/mol. The Morgan fingerprint density at radius 1 is 1.38 bits per heavy atom. The van der Waals surface area contributed by atoms with Gasteiger partial charge in [-0.15, -0.1) is 0 Å². The maximum Gasteiger partial charge on any atom is 0.417 e. The summed E-state index contributed by atoms with van der Waals surface area (Å²) < 4.78 is 39.0. The molecule has 0 radical (unpaired) electrons. The zero-order valence-electron chi connectivity index (χ0n) is 12.1. The van der Waals surface area contributed by atoms with Crippen LogP contribution in [0.15, 0.2) is 18.2 Å². The van der Waals surface area contributed by atoms with E-state index in [-0.39, 0.29) is 10.6 Å². The molecule has 1 aliphatic carbocycles. The second-order valence-corrected chi connectivity index (χ2v) is 6.31. The molecule has 2 rings (SSSR count). The number of hydrogen-bond donors (Lipinski definition) is 1. The van der Waals surface area contributed by atoms with Gasteiger partial charge in [0.05, 0.1) is 5.56 Å². The molecule has 1 aliphatic rings. The normalized spacial score (nSPS) is 15.3. The average molecular weight is 316 g/mol. The molecule has 0 unspecified atom stereocenters. The van der Waals surface area contributed by atoms with Gasteiger partial charge in [-0.1, -0.05) is 26.1 Å². The first kappa shape index (κ1) is 16.1. The molecule has 116 valence electrons. The van der Waals surface area contributed by atoms with Crippen LogP contribution < -0.4 is 10.6 Å². The number of thiocarbonyl (C=S) groups is 1. The highest BCUT2D eigenvalue weighted by Crippen LogP contribution is 2.37. The van der Waals surface area contributed by atoms with Crippen molar-refractivity contribution in [1.82, 2.24) is 0 Å². The lowest BCUT2D eigenvalue weighted by Crippen LogP contribution is -2.30. The zero-order valence-corrected chi connectivity index (χ0v) is 12.9. The second-order valence-electron chi connectivity index (χ2n) is 5.87. The number of rotatable bonds is 5. The largest absolute Gasteiger partial charge is 0.417 e. The molecule has 0 aromatic heterocycles. The Balaban J connectivity index is 2.41. The molecule has 2 nitrogen and oxygen atoms in total. The fourth-order valence-corrected chi connectivity index (χ4v) is 2.58. The molecular weight excluding hydrogens is 297 g/mol. The van der Waals surface area contributed by atoms with Crippen LogP contribution in [-0.2, 0) is 6.18 Å². The zero-order chi connectivity index (χ0) is 15.8. The first-order chi connectivity index (χ1) is 9.70. The van der Waals surface area contributed by atoms with E-state index in [0.717, 1.165) is 31.1 Å². The van der Waals surface area contributed by atoms with Crippen LogP contribution in [0.2, 0.25) is 0 Å². The van der Waals surface area contributed by atoms with Crippen LogP contribution in [0.3, 0.4) is 0 Å². The van der Waals surface area contributed by atoms with Gasteiger partial charge in [0.2, 0.25) is 0 Å². The van der Waals surface area contributed by atoms with Gasteiger partial charge in [-0.05, 0) is 37.0 Å². The molecule has 0 atom stereocenters. The van der Waals surface area contributed by atoms with E-state index in [4.69, 9.17) is 18.0 Å². The molecule has 0 aliphatic heterocycles. The maximum absolute atomic E-state index is 13.0. The van der Waals surface area contributed by atoms with Gasteiger partial charge < -0.3 is 10.6 Å². The Bertz CT molecular complexity index is 536. The Kier molecular flexibility index (Phi) is 4.46. The van der Waals surface area contributed by atoms with E-state index in [9.17, 15) is 13.2 Å². The molecule has 21 heavy (non-hydrogen) atoms. The lowest BCUT2D eigenvalue weighted by molar-refractivity contribution is -0.137. The molecule has 0 saturated heterocycles. The van der Waals surface area contributed by atoms with Crippen molar-refractivity contribution in [3.8, 4) is 0 Å². The molecule has 6 heteroatoms. The minimum absolute atomic E-state index is 0.0931. The summed E-state index contributed by atoms with van der Waals surface area (Å²) in [7, 11) is 0. The van der Waals surface area contributed by atoms with Gasteiger partial charge in [0.1, 0.15) is 4.99 Å². The lowest BCUT2D eigenvalue weighted by atomic mass is 10.0. The molecule has 0 heterocycles. The van der Waals surface area contributed by atoms with Crippen LogP contribution in [-0.4, -0.2) is 17.6 Å². The number of anilines is 1. The minimum atomic E-state index is -4.44. The topological polar surface area (TPSA) is 29.3 Å². The predicted octanol–water partition coefficient (Wildman–Crippen LogP) is 3.96. The molecule has 1 aromatic rings. The van der Waals surface area contributed by atoms with E-state index in [1.54, 1.807) is 0 Å². The van der Waals surface area contributed by atoms with E-state index in [0.29, 0.717) is 12.0 Å². The number of nitrogens with two attached hydrogens (primary N) is 1. The average Bonchev–Trinajstić information content (AvgIpc) is 3.18. The first-order valence-electron chi connectivity index (χ1n) is 6.98. The van der Waals surface area contributed by atoms with Crippen molar-refractivity contribution in [3.05, 3.63) is 29.3 Å². The summed E-state index contributed by atoms with van der Waals surface area (Å²) in [6.45, 7) is 4.99. The third kappa shape index (κ3) is 3.87. The number of alkyl halides is 3. The van der Waals surface area contributed by atoms with Gasteiger partial charge in [0, 0.05) is 23.8 Å². The molecular formula is C15H19F3N2S. The highest BCUT2D eigenvalue weighted by molar-refractivity contribution is 7.80. The van der Waals surface area contributed by atoms with Crippen LogP contribution in [0.5, 0.6) is 0 Å². The van der Waals surface area contributed by atoms with E-state index in [1.807, 2.05) is 0 Å². The predicted molar refractivity (Wildman–Crippen MR) is 82.5 cm³/mol. The van der Waals surface area contributed by atoms with Gasteiger partial charge in [-0.2, -0.15) is 13.2 Å².